The molecule has 1 amide bonds. The summed E-state index contributed by atoms with van der Waals surface area (Å²) in [6.45, 7) is 0. The molecule has 0 unspecified atom stereocenters. The fourth-order valence-corrected chi connectivity index (χ4v) is 3.14. The zero-order chi connectivity index (χ0) is 16.3. The number of amides is 1. The standard InChI is InChI=1S/C14H12Br2N4OS/c15-8-5-10(16)12(17)11(6-8)20-14(22)19-9-3-1-7(2-4-9)13(18)21/h1-6H,17H2,(H2,18,21)(H2,19,20,22). The predicted molar refractivity (Wildman–Crippen MR) is 101 cm³/mol. The van der Waals surface area contributed by atoms with Gasteiger partial charge >= 0.3 is 0 Å². The molecule has 0 aliphatic heterocycles. The molecule has 2 aromatic carbocycles. The molecule has 0 saturated heterocycles. The van der Waals surface area contributed by atoms with Gasteiger partial charge in [-0.3, -0.25) is 4.79 Å². The van der Waals surface area contributed by atoms with Gasteiger partial charge in [0.05, 0.1) is 11.4 Å². The average Bonchev–Trinajstić information content (AvgIpc) is 2.44. The molecule has 0 aromatic heterocycles. The largest absolute Gasteiger partial charge is 0.396 e. The molecule has 0 heterocycles. The van der Waals surface area contributed by atoms with Gasteiger partial charge in [0.25, 0.3) is 0 Å². The number of rotatable bonds is 3. The van der Waals surface area contributed by atoms with Crippen molar-refractivity contribution in [3.63, 3.8) is 0 Å². The van der Waals surface area contributed by atoms with Crippen LogP contribution in [-0.2, 0) is 0 Å². The summed E-state index contributed by atoms with van der Waals surface area (Å²) in [5, 5.41) is 6.40. The third-order valence-electron chi connectivity index (χ3n) is 2.77. The van der Waals surface area contributed by atoms with Crippen LogP contribution in [0.2, 0.25) is 0 Å². The molecule has 0 saturated carbocycles. The van der Waals surface area contributed by atoms with Gasteiger partial charge < -0.3 is 22.1 Å². The summed E-state index contributed by atoms with van der Waals surface area (Å²) in [6.07, 6.45) is 0. The number of carbonyl (C=O) groups is 1. The molecule has 0 bridgehead atoms. The summed E-state index contributed by atoms with van der Waals surface area (Å²) < 4.78 is 1.63. The number of halogens is 2. The zero-order valence-electron chi connectivity index (χ0n) is 11.2. The molecule has 0 aliphatic rings. The average molecular weight is 444 g/mol. The maximum absolute atomic E-state index is 11.0. The number of hydrogen-bond acceptors (Lipinski definition) is 3. The molecule has 8 heteroatoms. The summed E-state index contributed by atoms with van der Waals surface area (Å²) in [5.41, 5.74) is 13.6. The van der Waals surface area contributed by atoms with E-state index in [1.807, 2.05) is 12.1 Å². The minimum atomic E-state index is -0.473. The Labute approximate surface area is 149 Å². The Balaban J connectivity index is 2.09. The van der Waals surface area contributed by atoms with E-state index >= 15 is 0 Å². The molecule has 0 atom stereocenters. The van der Waals surface area contributed by atoms with Gasteiger partial charge in [-0.15, -0.1) is 0 Å². The number of anilines is 3. The van der Waals surface area contributed by atoms with E-state index in [0.29, 0.717) is 22.1 Å². The van der Waals surface area contributed by atoms with Crippen LogP contribution in [0.25, 0.3) is 0 Å². The van der Waals surface area contributed by atoms with E-state index in [2.05, 4.69) is 42.5 Å². The molecule has 0 spiro atoms. The lowest BCUT2D eigenvalue weighted by atomic mass is 10.2. The van der Waals surface area contributed by atoms with Gasteiger partial charge in [0, 0.05) is 20.2 Å². The van der Waals surface area contributed by atoms with E-state index in [4.69, 9.17) is 23.7 Å². The van der Waals surface area contributed by atoms with Crippen molar-refractivity contribution in [2.24, 2.45) is 5.73 Å². The highest BCUT2D eigenvalue weighted by molar-refractivity contribution is 9.11. The lowest BCUT2D eigenvalue weighted by Gasteiger charge is -2.14. The van der Waals surface area contributed by atoms with E-state index in [9.17, 15) is 4.79 Å². The topological polar surface area (TPSA) is 93.2 Å². The van der Waals surface area contributed by atoms with Gasteiger partial charge in [-0.25, -0.2) is 0 Å². The first-order valence-electron chi connectivity index (χ1n) is 6.09. The van der Waals surface area contributed by atoms with Gasteiger partial charge in [-0.1, -0.05) is 15.9 Å². The lowest BCUT2D eigenvalue weighted by Crippen LogP contribution is -2.20. The molecular weight excluding hydrogens is 432 g/mol. The fourth-order valence-electron chi connectivity index (χ4n) is 1.69. The van der Waals surface area contributed by atoms with Crippen molar-refractivity contribution in [3.05, 3.63) is 50.9 Å². The number of benzene rings is 2. The van der Waals surface area contributed by atoms with Crippen LogP contribution in [0.1, 0.15) is 10.4 Å². The van der Waals surface area contributed by atoms with Crippen LogP contribution < -0.4 is 22.1 Å². The van der Waals surface area contributed by atoms with Crippen molar-refractivity contribution in [1.29, 1.82) is 0 Å². The van der Waals surface area contributed by atoms with E-state index < -0.39 is 5.91 Å². The SMILES string of the molecule is NC(=O)c1ccc(NC(=S)Nc2cc(Br)cc(Br)c2N)cc1. The predicted octanol–water partition coefficient (Wildman–Crippen LogP) is 3.70. The Bertz CT molecular complexity index is 734. The molecule has 2 aromatic rings. The summed E-state index contributed by atoms with van der Waals surface area (Å²) in [7, 11) is 0. The van der Waals surface area contributed by atoms with Crippen molar-refractivity contribution >= 4 is 72.2 Å². The first-order valence-corrected chi connectivity index (χ1v) is 8.08. The summed E-state index contributed by atoms with van der Waals surface area (Å²) in [6, 6.07) is 10.3. The Kier molecular flexibility index (Phi) is 5.38. The minimum Gasteiger partial charge on any atom is -0.396 e. The highest BCUT2D eigenvalue weighted by atomic mass is 79.9. The Hall–Kier alpha value is -1.64. The number of nitrogens with two attached hydrogens (primary N) is 2. The van der Waals surface area contributed by atoms with Crippen molar-refractivity contribution in [1.82, 2.24) is 0 Å². The quantitative estimate of drug-likeness (QED) is 0.428. The van der Waals surface area contributed by atoms with Crippen molar-refractivity contribution < 1.29 is 4.79 Å². The van der Waals surface area contributed by atoms with E-state index in [1.165, 1.54) is 0 Å². The molecule has 114 valence electrons. The number of carbonyl (C=O) groups excluding carboxylic acids is 1. The van der Waals surface area contributed by atoms with Crippen LogP contribution in [0.4, 0.5) is 17.1 Å². The van der Waals surface area contributed by atoms with Crippen molar-refractivity contribution in [2.75, 3.05) is 16.4 Å². The van der Waals surface area contributed by atoms with Crippen molar-refractivity contribution in [2.45, 2.75) is 0 Å². The maximum atomic E-state index is 11.0. The minimum absolute atomic E-state index is 0.378. The second kappa shape index (κ2) is 7.08. The molecule has 5 nitrogen and oxygen atoms in total. The Morgan fingerprint density at radius 3 is 2.32 bits per heavy atom. The third kappa shape index (κ3) is 4.19. The number of hydrogen-bond donors (Lipinski definition) is 4. The van der Waals surface area contributed by atoms with Gasteiger partial charge in [-0.05, 0) is 64.5 Å². The third-order valence-corrected chi connectivity index (χ3v) is 4.09. The normalized spacial score (nSPS) is 10.1. The Morgan fingerprint density at radius 1 is 1.09 bits per heavy atom. The van der Waals surface area contributed by atoms with E-state index in [1.54, 1.807) is 24.3 Å². The molecule has 0 radical (unpaired) electrons. The van der Waals surface area contributed by atoms with Gasteiger partial charge in [-0.2, -0.15) is 0 Å². The number of nitrogen functional groups attached to an aromatic ring is 1. The molecule has 22 heavy (non-hydrogen) atoms. The molecule has 6 N–H and O–H groups in total. The number of thiocarbonyl (C=S) groups is 1. The first kappa shape index (κ1) is 16.7. The lowest BCUT2D eigenvalue weighted by molar-refractivity contribution is 0.100. The van der Waals surface area contributed by atoms with Crippen LogP contribution in [0.3, 0.4) is 0 Å². The second-order valence-corrected chi connectivity index (χ2v) is 6.55. The maximum Gasteiger partial charge on any atom is 0.248 e. The first-order chi connectivity index (χ1) is 10.4. The van der Waals surface area contributed by atoms with Crippen LogP contribution >= 0.6 is 44.1 Å². The summed E-state index contributed by atoms with van der Waals surface area (Å²) in [4.78, 5) is 11.0. The van der Waals surface area contributed by atoms with Crippen LogP contribution in [-0.4, -0.2) is 11.0 Å². The molecular formula is C14H12Br2N4OS. The summed E-state index contributed by atoms with van der Waals surface area (Å²) >= 11 is 12.0. The smallest absolute Gasteiger partial charge is 0.248 e. The second-order valence-electron chi connectivity index (χ2n) is 4.37. The van der Waals surface area contributed by atoms with Gasteiger partial charge in [0.15, 0.2) is 5.11 Å². The Morgan fingerprint density at radius 2 is 1.73 bits per heavy atom. The van der Waals surface area contributed by atoms with E-state index in [0.717, 1.165) is 14.6 Å². The zero-order valence-corrected chi connectivity index (χ0v) is 15.2. The highest BCUT2D eigenvalue weighted by Crippen LogP contribution is 2.32. The molecule has 0 aliphatic carbocycles. The monoisotopic (exact) mass is 442 g/mol. The fraction of sp³-hybridized carbons (Fsp3) is 0. The number of nitrogens with one attached hydrogen (secondary N) is 2. The van der Waals surface area contributed by atoms with Crippen LogP contribution in [0, 0.1) is 0 Å². The summed E-state index contributed by atoms with van der Waals surface area (Å²) in [5.74, 6) is -0.473. The van der Waals surface area contributed by atoms with E-state index in [-0.39, 0.29) is 0 Å². The van der Waals surface area contributed by atoms with Crippen LogP contribution in [0.15, 0.2) is 45.3 Å². The van der Waals surface area contributed by atoms with Crippen LogP contribution in [0.5, 0.6) is 0 Å². The van der Waals surface area contributed by atoms with Crippen molar-refractivity contribution in [3.8, 4) is 0 Å². The molecule has 0 fully saturated rings. The number of primary amides is 1. The molecule has 2 rings (SSSR count). The highest BCUT2D eigenvalue weighted by Gasteiger charge is 2.07. The van der Waals surface area contributed by atoms with Gasteiger partial charge in [0.2, 0.25) is 5.91 Å². The van der Waals surface area contributed by atoms with Gasteiger partial charge in [0.1, 0.15) is 0 Å².